The number of hydrazine groups is 1. The highest BCUT2D eigenvalue weighted by Crippen LogP contribution is 2.24. The van der Waals surface area contributed by atoms with Gasteiger partial charge in [0, 0.05) is 25.3 Å². The van der Waals surface area contributed by atoms with E-state index in [0.29, 0.717) is 5.69 Å². The summed E-state index contributed by atoms with van der Waals surface area (Å²) in [5.41, 5.74) is 6.30. The van der Waals surface area contributed by atoms with Crippen molar-refractivity contribution in [3.05, 3.63) is 82.9 Å². The lowest BCUT2D eigenvalue weighted by Gasteiger charge is -2.16. The molecule has 14 heteroatoms. The Morgan fingerprint density at radius 2 is 1.57 bits per heavy atom. The zero-order valence-corrected chi connectivity index (χ0v) is 23.1. The van der Waals surface area contributed by atoms with Crippen LogP contribution in [0.3, 0.4) is 0 Å². The fourth-order valence-electron chi connectivity index (χ4n) is 3.00. The number of nitrogens with one attached hydrogen (secondary N) is 4. The van der Waals surface area contributed by atoms with E-state index < -0.39 is 26.0 Å². The fourth-order valence-corrected chi connectivity index (χ4v) is 5.45. The molecule has 0 aromatic heterocycles. The molecule has 10 nitrogen and oxygen atoms in total. The maximum atomic E-state index is 12.8. The van der Waals surface area contributed by atoms with Crippen molar-refractivity contribution in [3.8, 4) is 0 Å². The van der Waals surface area contributed by atoms with E-state index in [2.05, 4.69) is 20.9 Å². The number of halogens is 1. The van der Waals surface area contributed by atoms with Crippen molar-refractivity contribution in [3.63, 3.8) is 0 Å². The minimum absolute atomic E-state index is 0.0139. The second-order valence-electron chi connectivity index (χ2n) is 7.91. The molecule has 3 aromatic rings. The smallest absolute Gasteiger partial charge is 0.269 e. The molecule has 0 fully saturated rings. The fraction of sp³-hybridized carbons (Fsp3) is 0.130. The summed E-state index contributed by atoms with van der Waals surface area (Å²) >= 11 is 11.2. The molecular weight excluding hydrogens is 558 g/mol. The van der Waals surface area contributed by atoms with Crippen LogP contribution in [0, 0.1) is 6.92 Å². The maximum Gasteiger partial charge on any atom is 0.269 e. The van der Waals surface area contributed by atoms with E-state index >= 15 is 0 Å². The van der Waals surface area contributed by atoms with Gasteiger partial charge in [-0.2, -0.15) is 0 Å². The van der Waals surface area contributed by atoms with Crippen molar-refractivity contribution in [1.29, 1.82) is 0 Å². The molecular formula is C23H24ClN5O5S3. The molecule has 0 saturated carbocycles. The number of hydrogen-bond donors (Lipinski definition) is 4. The molecule has 0 unspecified atom stereocenters. The Labute approximate surface area is 226 Å². The highest BCUT2D eigenvalue weighted by Gasteiger charge is 2.19. The highest BCUT2D eigenvalue weighted by atomic mass is 35.5. The van der Waals surface area contributed by atoms with Crippen molar-refractivity contribution in [2.45, 2.75) is 16.7 Å². The van der Waals surface area contributed by atoms with Crippen LogP contribution in [-0.2, 0) is 20.0 Å². The number of carbonyl (C=O) groups is 1. The van der Waals surface area contributed by atoms with Gasteiger partial charge >= 0.3 is 0 Å². The molecule has 0 spiro atoms. The third-order valence-electron chi connectivity index (χ3n) is 5.05. The monoisotopic (exact) mass is 581 g/mol. The van der Waals surface area contributed by atoms with E-state index in [4.69, 9.17) is 23.8 Å². The summed E-state index contributed by atoms with van der Waals surface area (Å²) in [5.74, 6) is -0.653. The topological polar surface area (TPSA) is 137 Å². The Morgan fingerprint density at radius 3 is 2.24 bits per heavy atom. The number of thiocarbonyl (C=S) groups is 1. The third-order valence-corrected chi connectivity index (χ3v) is 8.76. The van der Waals surface area contributed by atoms with Gasteiger partial charge in [-0.1, -0.05) is 35.9 Å². The summed E-state index contributed by atoms with van der Waals surface area (Å²) in [5, 5.41) is 3.05. The normalized spacial score (nSPS) is 11.6. The largest absolute Gasteiger partial charge is 0.331 e. The van der Waals surface area contributed by atoms with Gasteiger partial charge in [0.05, 0.1) is 20.5 Å². The molecule has 0 bridgehead atoms. The first kappa shape index (κ1) is 28.3. The van der Waals surface area contributed by atoms with Gasteiger partial charge in [-0.05, 0) is 67.2 Å². The van der Waals surface area contributed by atoms with Crippen LogP contribution in [0.4, 0.5) is 11.4 Å². The molecule has 4 N–H and O–H groups in total. The van der Waals surface area contributed by atoms with Crippen LogP contribution in [0.25, 0.3) is 0 Å². The van der Waals surface area contributed by atoms with Crippen molar-refractivity contribution in [2.75, 3.05) is 24.1 Å². The zero-order valence-electron chi connectivity index (χ0n) is 19.9. The number of rotatable bonds is 7. The lowest BCUT2D eigenvalue weighted by molar-refractivity contribution is 0.0944. The first-order chi connectivity index (χ1) is 17.3. The molecule has 0 atom stereocenters. The maximum absolute atomic E-state index is 12.8. The minimum atomic E-state index is -4.02. The van der Waals surface area contributed by atoms with Crippen LogP contribution >= 0.6 is 23.8 Å². The lowest BCUT2D eigenvalue weighted by Crippen LogP contribution is -2.43. The second-order valence-corrected chi connectivity index (χ2v) is 12.6. The summed E-state index contributed by atoms with van der Waals surface area (Å²) in [6, 6.07) is 16.3. The van der Waals surface area contributed by atoms with E-state index in [1.54, 1.807) is 31.2 Å². The van der Waals surface area contributed by atoms with Gasteiger partial charge in [0.2, 0.25) is 10.0 Å². The summed E-state index contributed by atoms with van der Waals surface area (Å²) in [4.78, 5) is 12.6. The Morgan fingerprint density at radius 1 is 0.865 bits per heavy atom. The molecule has 37 heavy (non-hydrogen) atoms. The van der Waals surface area contributed by atoms with Crippen LogP contribution in [0.2, 0.25) is 5.02 Å². The van der Waals surface area contributed by atoms with Crippen LogP contribution in [0.15, 0.2) is 76.5 Å². The Balaban J connectivity index is 1.68. The molecule has 3 rings (SSSR count). The van der Waals surface area contributed by atoms with Gasteiger partial charge in [0.1, 0.15) is 0 Å². The van der Waals surface area contributed by atoms with Gasteiger partial charge in [0.15, 0.2) is 5.11 Å². The summed E-state index contributed by atoms with van der Waals surface area (Å²) in [7, 11) is -4.82. The first-order valence-corrected chi connectivity index (χ1v) is 14.3. The third kappa shape index (κ3) is 6.96. The standard InChI is InChI=1S/C23H24ClN5O5S3/c1-15-11-12-18(37(33,34)29(2)3)14-21(15)25-23(35)27-26-22(30)16-7-6-8-17(13-16)36(31,32)28-20-10-5-4-9-19(20)24/h4-14,28H,1-3H3,(H,26,30)(H2,25,27,35). The minimum Gasteiger partial charge on any atom is -0.331 e. The highest BCUT2D eigenvalue weighted by molar-refractivity contribution is 7.92. The van der Waals surface area contributed by atoms with E-state index in [-0.39, 0.29) is 31.2 Å². The number of nitrogens with zero attached hydrogens (tertiary/aromatic N) is 1. The van der Waals surface area contributed by atoms with Crippen molar-refractivity contribution in [1.82, 2.24) is 15.2 Å². The quantitative estimate of drug-likeness (QED) is 0.246. The molecule has 196 valence electrons. The van der Waals surface area contributed by atoms with Gasteiger partial charge < -0.3 is 5.32 Å². The van der Waals surface area contributed by atoms with Crippen LogP contribution in [0.5, 0.6) is 0 Å². The number of aryl methyl sites for hydroxylation is 1. The van der Waals surface area contributed by atoms with Crippen molar-refractivity contribution in [2.24, 2.45) is 0 Å². The molecule has 0 heterocycles. The Bertz CT molecular complexity index is 1560. The van der Waals surface area contributed by atoms with Crippen LogP contribution in [-0.4, -0.2) is 46.3 Å². The van der Waals surface area contributed by atoms with E-state index in [1.807, 2.05) is 0 Å². The van der Waals surface area contributed by atoms with Crippen molar-refractivity contribution < 1.29 is 21.6 Å². The zero-order chi connectivity index (χ0) is 27.4. The Hall–Kier alpha value is -3.23. The lowest BCUT2D eigenvalue weighted by atomic mass is 10.2. The van der Waals surface area contributed by atoms with Gasteiger partial charge in [-0.25, -0.2) is 21.1 Å². The van der Waals surface area contributed by atoms with Crippen LogP contribution in [0.1, 0.15) is 15.9 Å². The molecule has 0 saturated heterocycles. The molecule has 3 aromatic carbocycles. The van der Waals surface area contributed by atoms with Gasteiger partial charge in [-0.15, -0.1) is 0 Å². The number of amides is 1. The number of carbonyl (C=O) groups excluding carboxylic acids is 1. The van der Waals surface area contributed by atoms with E-state index in [1.165, 1.54) is 56.6 Å². The second kappa shape index (κ2) is 11.4. The Kier molecular flexibility index (Phi) is 8.76. The predicted molar refractivity (Wildman–Crippen MR) is 148 cm³/mol. The van der Waals surface area contributed by atoms with Crippen LogP contribution < -0.4 is 20.9 Å². The van der Waals surface area contributed by atoms with Gasteiger partial charge in [-0.3, -0.25) is 20.4 Å². The number of para-hydroxylation sites is 1. The average molecular weight is 582 g/mol. The number of benzene rings is 3. The van der Waals surface area contributed by atoms with Crippen molar-refractivity contribution >= 4 is 66.3 Å². The molecule has 1 amide bonds. The van der Waals surface area contributed by atoms with E-state index in [0.717, 1.165) is 9.87 Å². The first-order valence-electron chi connectivity index (χ1n) is 10.6. The predicted octanol–water partition coefficient (Wildman–Crippen LogP) is 3.33. The molecule has 0 aliphatic heterocycles. The molecule has 0 aliphatic carbocycles. The SMILES string of the molecule is Cc1ccc(S(=O)(=O)N(C)C)cc1NC(=S)NNC(=O)c1cccc(S(=O)(=O)Nc2ccccc2Cl)c1. The molecule has 0 aliphatic rings. The summed E-state index contributed by atoms with van der Waals surface area (Å²) in [6.45, 7) is 1.76. The number of sulfonamides is 2. The number of anilines is 2. The number of hydrogen-bond acceptors (Lipinski definition) is 6. The van der Waals surface area contributed by atoms with E-state index in [9.17, 15) is 21.6 Å². The molecule has 0 radical (unpaired) electrons. The summed E-state index contributed by atoms with van der Waals surface area (Å²) in [6.07, 6.45) is 0. The van der Waals surface area contributed by atoms with Gasteiger partial charge in [0.25, 0.3) is 15.9 Å². The average Bonchev–Trinajstić information content (AvgIpc) is 2.85. The summed E-state index contributed by atoms with van der Waals surface area (Å²) < 4.78 is 53.9.